The second kappa shape index (κ2) is 10.2. The quantitative estimate of drug-likeness (QED) is 0.491. The van der Waals surface area contributed by atoms with Crippen molar-refractivity contribution in [1.82, 2.24) is 9.97 Å². The van der Waals surface area contributed by atoms with Crippen molar-refractivity contribution in [3.63, 3.8) is 0 Å². The first-order valence-corrected chi connectivity index (χ1v) is 11.7. The number of piperidine rings is 1. The number of nitrogens with one attached hydrogen (secondary N) is 1. The van der Waals surface area contributed by atoms with Crippen LogP contribution in [0.1, 0.15) is 26.2 Å². The number of benzene rings is 2. The number of carbonyl (C=O) groups excluding carboxylic acids is 1. The lowest BCUT2D eigenvalue weighted by Gasteiger charge is -2.33. The molecule has 1 aliphatic heterocycles. The Hall–Kier alpha value is -2.87. The first kappa shape index (κ1) is 22.3. The van der Waals surface area contributed by atoms with Crippen LogP contribution < -0.4 is 19.7 Å². The van der Waals surface area contributed by atoms with Crippen LogP contribution in [0.15, 0.2) is 46.9 Å². The van der Waals surface area contributed by atoms with Crippen LogP contribution >= 0.6 is 15.9 Å². The van der Waals surface area contributed by atoms with Gasteiger partial charge < -0.3 is 19.7 Å². The van der Waals surface area contributed by atoms with Gasteiger partial charge >= 0.3 is 0 Å². The molecule has 1 aromatic heterocycles. The molecule has 168 valence electrons. The van der Waals surface area contributed by atoms with E-state index in [0.717, 1.165) is 41.3 Å². The molecule has 7 nitrogen and oxygen atoms in total. The largest absolute Gasteiger partial charge is 0.495 e. The van der Waals surface area contributed by atoms with Crippen molar-refractivity contribution < 1.29 is 14.3 Å². The third-order valence-corrected chi connectivity index (χ3v) is 5.97. The normalized spacial score (nSPS) is 16.1. The van der Waals surface area contributed by atoms with Crippen molar-refractivity contribution in [3.05, 3.63) is 46.9 Å². The molecule has 0 bridgehead atoms. The van der Waals surface area contributed by atoms with Gasteiger partial charge in [0.25, 0.3) is 5.88 Å². The van der Waals surface area contributed by atoms with E-state index in [1.54, 1.807) is 7.11 Å². The molecule has 32 heavy (non-hydrogen) atoms. The third-order valence-electron chi connectivity index (χ3n) is 5.48. The van der Waals surface area contributed by atoms with Crippen molar-refractivity contribution in [2.24, 2.45) is 5.92 Å². The number of anilines is 2. The third kappa shape index (κ3) is 4.96. The highest BCUT2D eigenvalue weighted by molar-refractivity contribution is 9.10. The molecule has 0 saturated carbocycles. The van der Waals surface area contributed by atoms with E-state index in [2.05, 4.69) is 33.1 Å². The molecule has 1 unspecified atom stereocenters. The van der Waals surface area contributed by atoms with Crippen molar-refractivity contribution in [1.29, 1.82) is 0 Å². The zero-order valence-electron chi connectivity index (χ0n) is 18.3. The van der Waals surface area contributed by atoms with E-state index in [-0.39, 0.29) is 11.8 Å². The van der Waals surface area contributed by atoms with E-state index in [1.807, 2.05) is 42.5 Å². The highest BCUT2D eigenvalue weighted by Gasteiger charge is 2.29. The molecule has 1 amide bonds. The lowest BCUT2D eigenvalue weighted by Crippen LogP contribution is -2.41. The number of para-hydroxylation sites is 2. The highest BCUT2D eigenvalue weighted by atomic mass is 79.9. The molecule has 1 atom stereocenters. The second-order valence-corrected chi connectivity index (χ2v) is 8.72. The molecule has 3 aromatic rings. The van der Waals surface area contributed by atoms with E-state index < -0.39 is 0 Å². The number of fused-ring (bicyclic) bond motifs is 1. The maximum Gasteiger partial charge on any atom is 0.258 e. The lowest BCUT2D eigenvalue weighted by atomic mass is 9.97. The van der Waals surface area contributed by atoms with Crippen molar-refractivity contribution >= 4 is 44.4 Å². The van der Waals surface area contributed by atoms with Gasteiger partial charge in [0.2, 0.25) is 5.91 Å². The fourth-order valence-corrected chi connectivity index (χ4v) is 4.20. The number of aromatic nitrogens is 2. The number of rotatable bonds is 7. The van der Waals surface area contributed by atoms with E-state index in [4.69, 9.17) is 19.4 Å². The summed E-state index contributed by atoms with van der Waals surface area (Å²) in [5, 5.41) is 3.03. The summed E-state index contributed by atoms with van der Waals surface area (Å²) in [6.07, 6.45) is 2.58. The maximum atomic E-state index is 13.1. The van der Waals surface area contributed by atoms with Crippen molar-refractivity contribution in [3.8, 4) is 11.6 Å². The Kier molecular flexibility index (Phi) is 7.09. The molecule has 0 aliphatic carbocycles. The van der Waals surface area contributed by atoms with Gasteiger partial charge in [0.1, 0.15) is 5.75 Å². The smallest absolute Gasteiger partial charge is 0.258 e. The second-order valence-electron chi connectivity index (χ2n) is 7.81. The molecule has 0 spiro atoms. The summed E-state index contributed by atoms with van der Waals surface area (Å²) in [5.74, 6) is 1.65. The molecule has 1 N–H and O–H groups in total. The topological polar surface area (TPSA) is 76.6 Å². The molecule has 2 aromatic carbocycles. The van der Waals surface area contributed by atoms with Gasteiger partial charge in [-0.25, -0.2) is 9.97 Å². The number of hydrogen-bond donors (Lipinski definition) is 1. The van der Waals surface area contributed by atoms with Gasteiger partial charge in [0, 0.05) is 17.6 Å². The summed E-state index contributed by atoms with van der Waals surface area (Å²) in [6.45, 7) is 3.99. The predicted molar refractivity (Wildman–Crippen MR) is 130 cm³/mol. The Morgan fingerprint density at radius 1 is 1.22 bits per heavy atom. The van der Waals surface area contributed by atoms with Crippen LogP contribution in [0.5, 0.6) is 11.6 Å². The number of hydrogen-bond acceptors (Lipinski definition) is 6. The molecule has 1 fully saturated rings. The minimum Gasteiger partial charge on any atom is -0.495 e. The van der Waals surface area contributed by atoms with Gasteiger partial charge in [-0.15, -0.1) is 0 Å². The van der Waals surface area contributed by atoms with Gasteiger partial charge in [-0.3, -0.25) is 4.79 Å². The number of halogens is 1. The Labute approximate surface area is 196 Å². The average Bonchev–Trinajstić information content (AvgIpc) is 2.83. The van der Waals surface area contributed by atoms with Crippen LogP contribution in [0.2, 0.25) is 0 Å². The Morgan fingerprint density at radius 3 is 2.75 bits per heavy atom. The number of nitrogens with zero attached hydrogens (tertiary/aromatic N) is 3. The van der Waals surface area contributed by atoms with E-state index in [0.29, 0.717) is 36.3 Å². The highest BCUT2D eigenvalue weighted by Crippen LogP contribution is 2.32. The van der Waals surface area contributed by atoms with Crippen molar-refractivity contribution in [2.75, 3.05) is 37.0 Å². The number of methoxy groups -OCH3 is 1. The molecular weight excluding hydrogens is 472 g/mol. The summed E-state index contributed by atoms with van der Waals surface area (Å²) in [6, 6.07) is 13.3. The van der Waals surface area contributed by atoms with Crippen LogP contribution in [0, 0.1) is 5.92 Å². The minimum absolute atomic E-state index is 0.0277. The summed E-state index contributed by atoms with van der Waals surface area (Å²) in [7, 11) is 1.59. The molecule has 1 saturated heterocycles. The van der Waals surface area contributed by atoms with E-state index in [9.17, 15) is 4.79 Å². The van der Waals surface area contributed by atoms with Gasteiger partial charge in [0.15, 0.2) is 5.82 Å². The standard InChI is InChI=1S/C24H27BrN4O3/c1-3-13-32-24-22(26-18-8-4-5-9-19(18)28-24)29-12-6-7-16(15-29)23(30)27-20-11-10-17(25)14-21(20)31-2/h4-5,8-11,14,16H,3,6-7,12-13,15H2,1-2H3,(H,27,30). The minimum atomic E-state index is -0.176. The lowest BCUT2D eigenvalue weighted by molar-refractivity contribution is -0.120. The van der Waals surface area contributed by atoms with E-state index >= 15 is 0 Å². The SMILES string of the molecule is CCCOc1nc2ccccc2nc1N1CCCC(C(=O)Nc2ccc(Br)cc2OC)C1. The molecule has 0 radical (unpaired) electrons. The van der Waals surface area contributed by atoms with Gasteiger partial charge in [0.05, 0.1) is 36.4 Å². The summed E-state index contributed by atoms with van der Waals surface area (Å²) in [4.78, 5) is 24.8. The predicted octanol–water partition coefficient (Wildman–Crippen LogP) is 5.04. The van der Waals surface area contributed by atoms with Crippen molar-refractivity contribution in [2.45, 2.75) is 26.2 Å². The monoisotopic (exact) mass is 498 g/mol. The Balaban J connectivity index is 1.56. The van der Waals surface area contributed by atoms with Gasteiger partial charge in [-0.2, -0.15) is 0 Å². The summed E-state index contributed by atoms with van der Waals surface area (Å²) < 4.78 is 12.2. The number of carbonyl (C=O) groups is 1. The van der Waals surface area contributed by atoms with Gasteiger partial charge in [-0.1, -0.05) is 35.0 Å². The molecule has 8 heteroatoms. The first-order valence-electron chi connectivity index (χ1n) is 10.9. The van der Waals surface area contributed by atoms with Crippen LogP contribution in [0.3, 0.4) is 0 Å². The van der Waals surface area contributed by atoms with Crippen LogP contribution in [-0.2, 0) is 4.79 Å². The van der Waals surface area contributed by atoms with Gasteiger partial charge in [-0.05, 0) is 49.6 Å². The van der Waals surface area contributed by atoms with Crippen LogP contribution in [-0.4, -0.2) is 42.7 Å². The fraction of sp³-hybridized carbons (Fsp3) is 0.375. The fourth-order valence-electron chi connectivity index (χ4n) is 3.86. The average molecular weight is 499 g/mol. The van der Waals surface area contributed by atoms with E-state index in [1.165, 1.54) is 0 Å². The summed E-state index contributed by atoms with van der Waals surface area (Å²) >= 11 is 3.43. The number of ether oxygens (including phenoxy) is 2. The summed E-state index contributed by atoms with van der Waals surface area (Å²) in [5.41, 5.74) is 2.28. The zero-order valence-corrected chi connectivity index (χ0v) is 19.9. The first-order chi connectivity index (χ1) is 15.6. The zero-order chi connectivity index (χ0) is 22.5. The molecular formula is C24H27BrN4O3. The molecule has 4 rings (SSSR count). The Morgan fingerprint density at radius 2 is 2.00 bits per heavy atom. The molecule has 1 aliphatic rings. The number of amides is 1. The molecule has 2 heterocycles. The van der Waals surface area contributed by atoms with Crippen LogP contribution in [0.4, 0.5) is 11.5 Å². The van der Waals surface area contributed by atoms with Crippen LogP contribution in [0.25, 0.3) is 11.0 Å². The maximum absolute atomic E-state index is 13.1. The Bertz CT molecular complexity index is 1110.